The second-order valence-electron chi connectivity index (χ2n) is 3.72. The number of aromatic nitrogens is 2. The molecule has 0 saturated heterocycles. The monoisotopic (exact) mass is 318 g/mol. The molecule has 1 heterocycles. The van der Waals surface area contributed by atoms with Gasteiger partial charge in [0.25, 0.3) is 0 Å². The Hall–Kier alpha value is -0.480. The highest BCUT2D eigenvalue weighted by Gasteiger charge is 2.11. The molecular weight excluding hydrogens is 311 g/mol. The van der Waals surface area contributed by atoms with Crippen molar-refractivity contribution in [1.29, 1.82) is 0 Å². The fourth-order valence-electron chi connectivity index (χ4n) is 1.31. The molecule has 1 aromatic carbocycles. The van der Waals surface area contributed by atoms with E-state index in [4.69, 9.17) is 34.8 Å². The zero-order valence-electron chi connectivity index (χ0n) is 9.67. The number of hydrogen-bond donors (Lipinski definition) is 0. The SMILES string of the molecule is Cc1c(Cl)nnc(Sc2cc(Cl)ccc2Cl)c1C. The zero-order chi connectivity index (χ0) is 13.3. The highest BCUT2D eigenvalue weighted by atomic mass is 35.5. The van der Waals surface area contributed by atoms with Crippen LogP contribution in [-0.2, 0) is 0 Å². The van der Waals surface area contributed by atoms with E-state index in [1.54, 1.807) is 18.2 Å². The Morgan fingerprint density at radius 3 is 2.44 bits per heavy atom. The Bertz CT molecular complexity index is 602. The quantitative estimate of drug-likeness (QED) is 0.760. The van der Waals surface area contributed by atoms with E-state index in [2.05, 4.69) is 10.2 Å². The first-order valence-corrected chi connectivity index (χ1v) is 7.06. The van der Waals surface area contributed by atoms with Gasteiger partial charge in [-0.05, 0) is 43.2 Å². The van der Waals surface area contributed by atoms with Crippen LogP contribution in [0.5, 0.6) is 0 Å². The Morgan fingerprint density at radius 2 is 1.72 bits per heavy atom. The molecule has 0 aliphatic rings. The van der Waals surface area contributed by atoms with Gasteiger partial charge in [0.2, 0.25) is 0 Å². The van der Waals surface area contributed by atoms with Gasteiger partial charge in [-0.25, -0.2) is 0 Å². The minimum atomic E-state index is 0.425. The Morgan fingerprint density at radius 1 is 1.00 bits per heavy atom. The van der Waals surface area contributed by atoms with Crippen molar-refractivity contribution >= 4 is 46.6 Å². The maximum Gasteiger partial charge on any atom is 0.154 e. The summed E-state index contributed by atoms with van der Waals surface area (Å²) >= 11 is 19.4. The van der Waals surface area contributed by atoms with Crippen molar-refractivity contribution in [2.75, 3.05) is 0 Å². The van der Waals surface area contributed by atoms with Crippen LogP contribution in [0.3, 0.4) is 0 Å². The predicted molar refractivity (Wildman–Crippen MR) is 77.1 cm³/mol. The van der Waals surface area contributed by atoms with Gasteiger partial charge in [-0.3, -0.25) is 0 Å². The Balaban J connectivity index is 2.40. The highest BCUT2D eigenvalue weighted by Crippen LogP contribution is 2.36. The third-order valence-electron chi connectivity index (χ3n) is 2.52. The van der Waals surface area contributed by atoms with Gasteiger partial charge in [-0.15, -0.1) is 10.2 Å². The molecule has 0 aliphatic carbocycles. The third-order valence-corrected chi connectivity index (χ3v) is 4.70. The fraction of sp³-hybridized carbons (Fsp3) is 0.167. The van der Waals surface area contributed by atoms with Gasteiger partial charge in [0.05, 0.1) is 5.02 Å². The molecule has 18 heavy (non-hydrogen) atoms. The number of hydrogen-bond acceptors (Lipinski definition) is 3. The summed E-state index contributed by atoms with van der Waals surface area (Å²) in [7, 11) is 0. The largest absolute Gasteiger partial charge is 0.154 e. The maximum absolute atomic E-state index is 6.12. The van der Waals surface area contributed by atoms with Gasteiger partial charge in [0.1, 0.15) is 5.03 Å². The topological polar surface area (TPSA) is 25.8 Å². The minimum absolute atomic E-state index is 0.425. The van der Waals surface area contributed by atoms with Crippen LogP contribution in [0, 0.1) is 13.8 Å². The summed E-state index contributed by atoms with van der Waals surface area (Å²) in [6, 6.07) is 5.32. The lowest BCUT2D eigenvalue weighted by Crippen LogP contribution is -1.95. The summed E-state index contributed by atoms with van der Waals surface area (Å²) in [4.78, 5) is 0.850. The normalized spacial score (nSPS) is 10.7. The average molecular weight is 320 g/mol. The molecule has 0 fully saturated rings. The molecule has 0 N–H and O–H groups in total. The first-order chi connectivity index (χ1) is 8.49. The summed E-state index contributed by atoms with van der Waals surface area (Å²) in [5.41, 5.74) is 1.92. The summed E-state index contributed by atoms with van der Waals surface area (Å²) in [5, 5.41) is 10.5. The lowest BCUT2D eigenvalue weighted by atomic mass is 10.2. The minimum Gasteiger partial charge on any atom is -0.142 e. The van der Waals surface area contributed by atoms with Crippen molar-refractivity contribution in [3.05, 3.63) is 44.5 Å². The van der Waals surface area contributed by atoms with E-state index in [9.17, 15) is 0 Å². The highest BCUT2D eigenvalue weighted by molar-refractivity contribution is 7.99. The van der Waals surface area contributed by atoms with Gasteiger partial charge in [0, 0.05) is 9.92 Å². The predicted octanol–water partition coefficient (Wildman–Crippen LogP) is 5.20. The molecule has 0 aliphatic heterocycles. The molecule has 0 unspecified atom stereocenters. The van der Waals surface area contributed by atoms with E-state index in [0.717, 1.165) is 21.0 Å². The second kappa shape index (κ2) is 5.66. The zero-order valence-corrected chi connectivity index (χ0v) is 12.8. The molecule has 2 aromatic rings. The third kappa shape index (κ3) is 2.91. The molecular formula is C12H9Cl3N2S. The molecule has 6 heteroatoms. The molecule has 0 spiro atoms. The van der Waals surface area contributed by atoms with Crippen molar-refractivity contribution in [2.45, 2.75) is 23.8 Å². The first kappa shape index (κ1) is 13.9. The van der Waals surface area contributed by atoms with Crippen molar-refractivity contribution in [2.24, 2.45) is 0 Å². The van der Waals surface area contributed by atoms with Crippen LogP contribution in [0.4, 0.5) is 0 Å². The van der Waals surface area contributed by atoms with E-state index < -0.39 is 0 Å². The van der Waals surface area contributed by atoms with Gasteiger partial charge >= 0.3 is 0 Å². The van der Waals surface area contributed by atoms with Crippen LogP contribution in [0.15, 0.2) is 28.1 Å². The molecule has 1 aromatic heterocycles. The fourth-order valence-corrected chi connectivity index (χ4v) is 2.91. The molecule has 2 nitrogen and oxygen atoms in total. The molecule has 0 saturated carbocycles. The van der Waals surface area contributed by atoms with E-state index >= 15 is 0 Å². The lowest BCUT2D eigenvalue weighted by molar-refractivity contribution is 0.891. The summed E-state index contributed by atoms with van der Waals surface area (Å²) in [6.07, 6.45) is 0. The van der Waals surface area contributed by atoms with Gasteiger partial charge in [-0.1, -0.05) is 46.6 Å². The van der Waals surface area contributed by atoms with Crippen LogP contribution < -0.4 is 0 Å². The molecule has 0 atom stereocenters. The Labute approximate surface area is 125 Å². The Kier molecular flexibility index (Phi) is 4.38. The van der Waals surface area contributed by atoms with E-state index in [1.807, 2.05) is 13.8 Å². The molecule has 2 rings (SSSR count). The van der Waals surface area contributed by atoms with Crippen LogP contribution in [0.25, 0.3) is 0 Å². The molecule has 0 radical (unpaired) electrons. The van der Waals surface area contributed by atoms with Gasteiger partial charge < -0.3 is 0 Å². The van der Waals surface area contributed by atoms with Crippen molar-refractivity contribution in [1.82, 2.24) is 10.2 Å². The standard InChI is InChI=1S/C12H9Cl3N2S/c1-6-7(2)12(17-16-11(6)15)18-10-5-8(13)3-4-9(10)14/h3-5H,1-2H3. The van der Waals surface area contributed by atoms with E-state index in [0.29, 0.717) is 15.2 Å². The van der Waals surface area contributed by atoms with Gasteiger partial charge in [0.15, 0.2) is 5.15 Å². The van der Waals surface area contributed by atoms with Crippen LogP contribution >= 0.6 is 46.6 Å². The molecule has 0 amide bonds. The number of nitrogens with zero attached hydrogens (tertiary/aromatic N) is 2. The van der Waals surface area contributed by atoms with Crippen LogP contribution in [-0.4, -0.2) is 10.2 Å². The van der Waals surface area contributed by atoms with E-state index in [-0.39, 0.29) is 0 Å². The lowest BCUT2D eigenvalue weighted by Gasteiger charge is -2.08. The van der Waals surface area contributed by atoms with Crippen molar-refractivity contribution < 1.29 is 0 Å². The average Bonchev–Trinajstić information content (AvgIpc) is 2.34. The summed E-state index contributed by atoms with van der Waals surface area (Å²) in [6.45, 7) is 3.87. The van der Waals surface area contributed by atoms with E-state index in [1.165, 1.54) is 11.8 Å². The smallest absolute Gasteiger partial charge is 0.142 e. The van der Waals surface area contributed by atoms with Crippen molar-refractivity contribution in [3.8, 4) is 0 Å². The van der Waals surface area contributed by atoms with Gasteiger partial charge in [-0.2, -0.15) is 0 Å². The molecule has 94 valence electrons. The number of rotatable bonds is 2. The number of halogens is 3. The van der Waals surface area contributed by atoms with Crippen molar-refractivity contribution in [3.63, 3.8) is 0 Å². The number of benzene rings is 1. The van der Waals surface area contributed by atoms with Crippen LogP contribution in [0.1, 0.15) is 11.1 Å². The molecule has 0 bridgehead atoms. The maximum atomic E-state index is 6.12. The summed E-state index contributed by atoms with van der Waals surface area (Å²) < 4.78 is 0. The first-order valence-electron chi connectivity index (χ1n) is 5.11. The second-order valence-corrected chi connectivity index (χ2v) is 5.96. The summed E-state index contributed by atoms with van der Waals surface area (Å²) in [5.74, 6) is 0. The van der Waals surface area contributed by atoms with Crippen LogP contribution in [0.2, 0.25) is 15.2 Å².